The standard InChI is InChI=1S/C5H8I/c1-5-3-2-4-6-5/h3H,2,4H2,1H3/q-1. The molecule has 0 aliphatic carbocycles. The second-order valence-corrected chi connectivity index (χ2v) is 4.95. The molecule has 0 aromatic rings. The molecule has 1 aliphatic rings. The van der Waals surface area contributed by atoms with Gasteiger partial charge in [-0.3, -0.25) is 0 Å². The molecule has 0 unspecified atom stereocenters. The van der Waals surface area contributed by atoms with Crippen molar-refractivity contribution in [2.24, 2.45) is 0 Å². The summed E-state index contributed by atoms with van der Waals surface area (Å²) in [5.74, 6) is 0. The van der Waals surface area contributed by atoms with Gasteiger partial charge in [0, 0.05) is 0 Å². The predicted octanol–water partition coefficient (Wildman–Crippen LogP) is -1.62. The Labute approximate surface area is 48.9 Å². The molecule has 1 aliphatic heterocycles. The molecule has 0 saturated heterocycles. The van der Waals surface area contributed by atoms with Crippen LogP contribution in [0.15, 0.2) is 9.66 Å². The Balaban J connectivity index is 2.45. The molecule has 0 atom stereocenters. The summed E-state index contributed by atoms with van der Waals surface area (Å²) in [6, 6.07) is 0. The van der Waals surface area contributed by atoms with Crippen molar-refractivity contribution < 1.29 is 21.2 Å². The van der Waals surface area contributed by atoms with E-state index in [1.165, 1.54) is 10.8 Å². The molecule has 0 amide bonds. The van der Waals surface area contributed by atoms with Gasteiger partial charge in [-0.15, -0.1) is 0 Å². The van der Waals surface area contributed by atoms with Crippen molar-refractivity contribution in [2.75, 3.05) is 4.43 Å². The van der Waals surface area contributed by atoms with Crippen LogP contribution in [-0.2, 0) is 0 Å². The van der Waals surface area contributed by atoms with Crippen LogP contribution in [0.3, 0.4) is 0 Å². The maximum absolute atomic E-state index is 2.37. The predicted molar refractivity (Wildman–Crippen MR) is 23.2 cm³/mol. The van der Waals surface area contributed by atoms with Gasteiger partial charge in [0.25, 0.3) is 0 Å². The van der Waals surface area contributed by atoms with Crippen molar-refractivity contribution in [2.45, 2.75) is 13.3 Å². The van der Waals surface area contributed by atoms with Crippen molar-refractivity contribution in [1.82, 2.24) is 0 Å². The number of halogens is 1. The van der Waals surface area contributed by atoms with Gasteiger partial charge < -0.3 is 0 Å². The van der Waals surface area contributed by atoms with Crippen molar-refractivity contribution >= 4 is 0 Å². The number of hydrogen-bond donors (Lipinski definition) is 0. The van der Waals surface area contributed by atoms with Crippen LogP contribution in [0.1, 0.15) is 13.3 Å². The average Bonchev–Trinajstić information content (AvgIpc) is 1.86. The molecule has 36 valence electrons. The van der Waals surface area contributed by atoms with Gasteiger partial charge in [0.2, 0.25) is 0 Å². The van der Waals surface area contributed by atoms with Gasteiger partial charge in [0.05, 0.1) is 0 Å². The topological polar surface area (TPSA) is 0 Å². The van der Waals surface area contributed by atoms with Crippen LogP contribution in [0.2, 0.25) is 0 Å². The van der Waals surface area contributed by atoms with Crippen LogP contribution in [0.25, 0.3) is 0 Å². The summed E-state index contributed by atoms with van der Waals surface area (Å²) in [5.41, 5.74) is 0. The fourth-order valence-electron chi connectivity index (χ4n) is 0.512. The van der Waals surface area contributed by atoms with Crippen LogP contribution in [0.4, 0.5) is 0 Å². The third-order valence-corrected chi connectivity index (χ3v) is 3.65. The Morgan fingerprint density at radius 3 is 2.83 bits per heavy atom. The second-order valence-electron chi connectivity index (χ2n) is 1.40. The summed E-state index contributed by atoms with van der Waals surface area (Å²) in [6.45, 7) is 2.25. The SMILES string of the molecule is CC1=CCC[I-]1. The van der Waals surface area contributed by atoms with Gasteiger partial charge in [-0.05, 0) is 0 Å². The molecule has 1 heteroatoms. The first kappa shape index (κ1) is 4.62. The Morgan fingerprint density at radius 2 is 2.67 bits per heavy atom. The molecule has 0 N–H and O–H groups in total. The number of alkyl halides is 1. The number of allylic oxidation sites excluding steroid dienone is 2. The van der Waals surface area contributed by atoms with Crippen LogP contribution >= 0.6 is 0 Å². The van der Waals surface area contributed by atoms with Gasteiger partial charge in [-0.25, -0.2) is 0 Å². The zero-order valence-electron chi connectivity index (χ0n) is 3.87. The molecule has 0 spiro atoms. The summed E-state index contributed by atoms with van der Waals surface area (Å²) in [4.78, 5) is 0. The summed E-state index contributed by atoms with van der Waals surface area (Å²) >= 11 is 0.541. The van der Waals surface area contributed by atoms with Crippen LogP contribution < -0.4 is 21.2 Å². The van der Waals surface area contributed by atoms with E-state index in [1.54, 1.807) is 3.58 Å². The monoisotopic (exact) mass is 195 g/mol. The Kier molecular flexibility index (Phi) is 1.51. The van der Waals surface area contributed by atoms with Gasteiger partial charge in [-0.2, -0.15) is 0 Å². The first-order chi connectivity index (χ1) is 2.89. The average molecular weight is 195 g/mol. The quantitative estimate of drug-likeness (QED) is 0.322. The van der Waals surface area contributed by atoms with E-state index < -0.39 is 0 Å². The van der Waals surface area contributed by atoms with E-state index in [4.69, 9.17) is 0 Å². The van der Waals surface area contributed by atoms with Gasteiger partial charge in [0.15, 0.2) is 0 Å². The van der Waals surface area contributed by atoms with Crippen LogP contribution in [0.5, 0.6) is 0 Å². The van der Waals surface area contributed by atoms with Crippen molar-refractivity contribution in [3.05, 3.63) is 9.66 Å². The molecule has 0 saturated carbocycles. The van der Waals surface area contributed by atoms with Gasteiger partial charge in [0.1, 0.15) is 0 Å². The van der Waals surface area contributed by atoms with E-state index in [-0.39, 0.29) is 0 Å². The molecule has 1 rings (SSSR count). The van der Waals surface area contributed by atoms with E-state index in [9.17, 15) is 0 Å². The van der Waals surface area contributed by atoms with Gasteiger partial charge >= 0.3 is 48.6 Å². The van der Waals surface area contributed by atoms with Gasteiger partial charge in [-0.1, -0.05) is 0 Å². The van der Waals surface area contributed by atoms with Crippen LogP contribution in [-0.4, -0.2) is 4.43 Å². The van der Waals surface area contributed by atoms with Crippen LogP contribution in [0, 0.1) is 0 Å². The third-order valence-electron chi connectivity index (χ3n) is 0.840. The molecule has 0 nitrogen and oxygen atoms in total. The zero-order valence-corrected chi connectivity index (χ0v) is 6.03. The molecule has 0 radical (unpaired) electrons. The second kappa shape index (κ2) is 1.96. The molecule has 0 aromatic carbocycles. The molecule has 0 aromatic heterocycles. The molecule has 0 bridgehead atoms. The summed E-state index contributed by atoms with van der Waals surface area (Å²) < 4.78 is 3.19. The van der Waals surface area contributed by atoms with Crippen molar-refractivity contribution in [3.63, 3.8) is 0 Å². The fraction of sp³-hybridized carbons (Fsp3) is 0.600. The molecular formula is C5H8I-. The Morgan fingerprint density at radius 1 is 1.83 bits per heavy atom. The van der Waals surface area contributed by atoms with E-state index in [2.05, 4.69) is 13.0 Å². The normalized spacial score (nSPS) is 22.5. The first-order valence-corrected chi connectivity index (χ1v) is 4.76. The number of hydrogen-bond acceptors (Lipinski definition) is 0. The minimum atomic E-state index is 0.541. The summed E-state index contributed by atoms with van der Waals surface area (Å²) in [6.07, 6.45) is 3.74. The Hall–Kier alpha value is 0.470. The van der Waals surface area contributed by atoms with Crippen molar-refractivity contribution in [3.8, 4) is 0 Å². The molecule has 6 heavy (non-hydrogen) atoms. The maximum atomic E-state index is 2.37. The fourth-order valence-corrected chi connectivity index (χ4v) is 2.61. The zero-order chi connectivity index (χ0) is 4.41. The molecule has 0 fully saturated rings. The number of rotatable bonds is 0. The molecule has 1 heterocycles. The molecular weight excluding hydrogens is 187 g/mol. The van der Waals surface area contributed by atoms with E-state index >= 15 is 0 Å². The summed E-state index contributed by atoms with van der Waals surface area (Å²) in [5, 5.41) is 0. The van der Waals surface area contributed by atoms with E-state index in [1.807, 2.05) is 0 Å². The minimum absolute atomic E-state index is 0.541. The third kappa shape index (κ3) is 0.965. The first-order valence-electron chi connectivity index (χ1n) is 2.15. The Bertz CT molecular complexity index is 74.0. The van der Waals surface area contributed by atoms with E-state index in [0.29, 0.717) is 21.2 Å². The van der Waals surface area contributed by atoms with Crippen molar-refractivity contribution in [1.29, 1.82) is 0 Å². The summed E-state index contributed by atoms with van der Waals surface area (Å²) in [7, 11) is 0. The van der Waals surface area contributed by atoms with E-state index in [0.717, 1.165) is 0 Å².